The van der Waals surface area contributed by atoms with Crippen LogP contribution < -0.4 is 0 Å². The van der Waals surface area contributed by atoms with Gasteiger partial charge in [-0.15, -0.1) is 0 Å². The van der Waals surface area contributed by atoms with Gasteiger partial charge in [0.25, 0.3) is 20.2 Å². The summed E-state index contributed by atoms with van der Waals surface area (Å²) in [4.78, 5) is -0.206. The molecule has 2 aromatic carbocycles. The Balaban J connectivity index is 2.14. The zero-order valence-corrected chi connectivity index (χ0v) is 19.2. The molecule has 0 amide bonds. The van der Waals surface area contributed by atoms with Crippen LogP contribution in [0.4, 0.5) is 0 Å². The van der Waals surface area contributed by atoms with Gasteiger partial charge >= 0.3 is 0 Å². The van der Waals surface area contributed by atoms with Crippen molar-refractivity contribution in [2.24, 2.45) is 5.41 Å². The Labute approximate surface area is 178 Å². The van der Waals surface area contributed by atoms with E-state index in [0.717, 1.165) is 11.1 Å². The zero-order valence-electron chi connectivity index (χ0n) is 17.6. The summed E-state index contributed by atoms with van der Waals surface area (Å²) >= 11 is 0. The second-order valence-electron chi connectivity index (χ2n) is 9.23. The van der Waals surface area contributed by atoms with Crippen molar-refractivity contribution in [2.75, 3.05) is 0 Å². The zero-order chi connectivity index (χ0) is 22.5. The average molecular weight is 453 g/mol. The maximum Gasteiger partial charge on any atom is 0.294 e. The molecule has 2 unspecified atom stereocenters. The smallest absolute Gasteiger partial charge is 0.282 e. The lowest BCUT2D eigenvalue weighted by atomic mass is 9.64. The fraction of sp³-hybridized carbons (Fsp3) is 0.455. The lowest BCUT2D eigenvalue weighted by Crippen LogP contribution is -2.28. The summed E-state index contributed by atoms with van der Waals surface area (Å²) in [5.41, 5.74) is 2.67. The van der Waals surface area contributed by atoms with Crippen molar-refractivity contribution in [2.45, 2.75) is 68.6 Å². The van der Waals surface area contributed by atoms with Crippen LogP contribution in [0, 0.1) is 19.3 Å². The summed E-state index contributed by atoms with van der Waals surface area (Å²) in [6.07, 6.45) is 1.91. The molecule has 1 saturated carbocycles. The van der Waals surface area contributed by atoms with Crippen molar-refractivity contribution in [3.63, 3.8) is 0 Å². The predicted molar refractivity (Wildman–Crippen MR) is 115 cm³/mol. The summed E-state index contributed by atoms with van der Waals surface area (Å²) in [6, 6.07) is 9.71. The molecule has 164 valence electrons. The summed E-state index contributed by atoms with van der Waals surface area (Å²) < 4.78 is 67.5. The highest BCUT2D eigenvalue weighted by Crippen LogP contribution is 2.51. The van der Waals surface area contributed by atoms with Gasteiger partial charge in [-0.3, -0.25) is 9.11 Å². The highest BCUT2D eigenvalue weighted by Gasteiger charge is 2.38. The molecule has 2 aromatic rings. The van der Waals surface area contributed by atoms with E-state index >= 15 is 0 Å². The number of rotatable bonds is 4. The van der Waals surface area contributed by atoms with Crippen molar-refractivity contribution in [1.82, 2.24) is 0 Å². The lowest BCUT2D eigenvalue weighted by molar-refractivity contribution is 0.192. The van der Waals surface area contributed by atoms with Crippen molar-refractivity contribution >= 4 is 20.2 Å². The largest absolute Gasteiger partial charge is 0.294 e. The maximum absolute atomic E-state index is 12.0. The third-order valence-electron chi connectivity index (χ3n) is 5.93. The first-order valence-corrected chi connectivity index (χ1v) is 12.7. The Kier molecular flexibility index (Phi) is 5.92. The molecule has 0 aliphatic heterocycles. The van der Waals surface area contributed by atoms with Crippen LogP contribution in [-0.2, 0) is 20.2 Å². The predicted octanol–water partition coefficient (Wildman–Crippen LogP) is 4.87. The highest BCUT2D eigenvalue weighted by atomic mass is 32.2. The van der Waals surface area contributed by atoms with Gasteiger partial charge in [-0.05, 0) is 73.6 Å². The first-order valence-electron chi connectivity index (χ1n) is 9.83. The van der Waals surface area contributed by atoms with E-state index in [1.165, 1.54) is 12.1 Å². The van der Waals surface area contributed by atoms with Crippen molar-refractivity contribution in [1.29, 1.82) is 0 Å². The van der Waals surface area contributed by atoms with E-state index in [1.807, 2.05) is 13.8 Å². The van der Waals surface area contributed by atoms with E-state index in [4.69, 9.17) is 0 Å². The summed E-state index contributed by atoms with van der Waals surface area (Å²) in [6.45, 7) is 7.86. The van der Waals surface area contributed by atoms with Gasteiger partial charge in [0.05, 0.1) is 9.79 Å². The van der Waals surface area contributed by atoms with E-state index in [9.17, 15) is 25.9 Å². The minimum absolute atomic E-state index is 0.103. The van der Waals surface area contributed by atoms with Crippen LogP contribution in [0.25, 0.3) is 0 Å². The Morgan fingerprint density at radius 2 is 1.13 bits per heavy atom. The molecule has 0 radical (unpaired) electrons. The molecule has 0 heterocycles. The van der Waals surface area contributed by atoms with Crippen LogP contribution in [0.5, 0.6) is 0 Å². The van der Waals surface area contributed by atoms with Crippen molar-refractivity contribution in [3.8, 4) is 0 Å². The van der Waals surface area contributed by atoms with E-state index in [0.29, 0.717) is 30.4 Å². The van der Waals surface area contributed by atoms with E-state index in [2.05, 4.69) is 13.8 Å². The average Bonchev–Trinajstić information content (AvgIpc) is 2.58. The van der Waals surface area contributed by atoms with Gasteiger partial charge in [-0.1, -0.05) is 49.2 Å². The molecular formula is C22H28O6S2. The Morgan fingerprint density at radius 3 is 1.47 bits per heavy atom. The van der Waals surface area contributed by atoms with Gasteiger partial charge < -0.3 is 0 Å². The minimum Gasteiger partial charge on any atom is -0.282 e. The molecule has 1 fully saturated rings. The second-order valence-corrected chi connectivity index (χ2v) is 12.0. The van der Waals surface area contributed by atoms with Crippen LogP contribution in [-0.4, -0.2) is 25.9 Å². The van der Waals surface area contributed by atoms with E-state index in [1.54, 1.807) is 24.3 Å². The van der Waals surface area contributed by atoms with Gasteiger partial charge in [0, 0.05) is 0 Å². The fourth-order valence-corrected chi connectivity index (χ4v) is 6.37. The van der Waals surface area contributed by atoms with Gasteiger partial charge in [0.2, 0.25) is 0 Å². The summed E-state index contributed by atoms with van der Waals surface area (Å²) in [7, 11) is -8.79. The first-order chi connectivity index (χ1) is 13.7. The van der Waals surface area contributed by atoms with Crippen LogP contribution in [0.2, 0.25) is 0 Å². The normalized spacial score (nSPS) is 22.1. The van der Waals surface area contributed by atoms with Crippen LogP contribution in [0.3, 0.4) is 0 Å². The first kappa shape index (κ1) is 22.9. The van der Waals surface area contributed by atoms with Crippen LogP contribution >= 0.6 is 0 Å². The molecule has 2 atom stereocenters. The third-order valence-corrected chi connectivity index (χ3v) is 7.79. The fourth-order valence-electron chi connectivity index (χ4n) is 4.85. The monoisotopic (exact) mass is 452 g/mol. The van der Waals surface area contributed by atoms with Crippen molar-refractivity contribution in [3.05, 3.63) is 58.7 Å². The Hall–Kier alpha value is -1.74. The SMILES string of the molecule is Cc1ccc(S(=O)(=O)O)c(C2CC(c3cc(C)ccc3S(=O)(=O)O)CC(C)(C)C2)c1. The maximum atomic E-state index is 12.0. The lowest BCUT2D eigenvalue weighted by Gasteiger charge is -2.41. The molecular weight excluding hydrogens is 424 g/mol. The molecule has 30 heavy (non-hydrogen) atoms. The molecule has 6 nitrogen and oxygen atoms in total. The van der Waals surface area contributed by atoms with Crippen LogP contribution in [0.1, 0.15) is 67.2 Å². The van der Waals surface area contributed by atoms with Gasteiger partial charge in [-0.2, -0.15) is 16.8 Å². The standard InChI is InChI=1S/C22H28O6S2/c1-14-5-7-20(29(23,24)25)18(9-14)16-11-17(13-22(3,4)12-16)19-10-15(2)6-8-21(19)30(26,27)28/h5-10,16-17H,11-13H2,1-4H3,(H,23,24,25)(H,26,27,28). The number of hydrogen-bond acceptors (Lipinski definition) is 4. The molecule has 3 rings (SSSR count). The quantitative estimate of drug-likeness (QED) is 0.640. The molecule has 1 aliphatic carbocycles. The van der Waals surface area contributed by atoms with Gasteiger partial charge in [-0.25, -0.2) is 0 Å². The summed E-state index contributed by atoms with van der Waals surface area (Å²) in [5, 5.41) is 0. The second kappa shape index (κ2) is 7.75. The van der Waals surface area contributed by atoms with Gasteiger partial charge in [0.1, 0.15) is 0 Å². The molecule has 0 bridgehead atoms. The van der Waals surface area contributed by atoms with Gasteiger partial charge in [0.15, 0.2) is 0 Å². The molecule has 2 N–H and O–H groups in total. The van der Waals surface area contributed by atoms with E-state index < -0.39 is 20.2 Å². The molecule has 1 aliphatic rings. The van der Waals surface area contributed by atoms with E-state index in [-0.39, 0.29) is 27.0 Å². The Morgan fingerprint density at radius 1 is 0.767 bits per heavy atom. The minimum atomic E-state index is -4.39. The number of hydrogen-bond donors (Lipinski definition) is 2. The summed E-state index contributed by atoms with van der Waals surface area (Å²) in [5.74, 6) is -0.379. The number of aryl methyl sites for hydroxylation is 2. The Bertz CT molecular complexity index is 1090. The number of benzene rings is 2. The highest BCUT2D eigenvalue weighted by molar-refractivity contribution is 7.86. The van der Waals surface area contributed by atoms with Crippen LogP contribution in [0.15, 0.2) is 46.2 Å². The molecule has 8 heteroatoms. The van der Waals surface area contributed by atoms with Crippen molar-refractivity contribution < 1.29 is 25.9 Å². The third kappa shape index (κ3) is 4.94. The topological polar surface area (TPSA) is 109 Å². The molecule has 0 aromatic heterocycles. The molecule has 0 saturated heterocycles. The molecule has 0 spiro atoms.